The number of hydrogen-bond acceptors (Lipinski definition) is 3. The van der Waals surface area contributed by atoms with Gasteiger partial charge in [0.15, 0.2) is 0 Å². The fourth-order valence-corrected chi connectivity index (χ4v) is 1.34. The Morgan fingerprint density at radius 3 is 2.68 bits per heavy atom. The Morgan fingerprint density at radius 2 is 2.16 bits per heavy atom. The first-order valence-corrected chi connectivity index (χ1v) is 5.94. The molecule has 0 saturated heterocycles. The molecule has 104 valence electrons. The fraction of sp³-hybridized carbons (Fsp3) is 0.462. The van der Waals surface area contributed by atoms with Gasteiger partial charge in [-0.2, -0.15) is 0 Å². The highest BCUT2D eigenvalue weighted by atomic mass is 16.4. The standard InChI is InChI=1S/C13H19N3O3/c1-13(2,11(17)18)9-15-12(19)16(3)8-10-5-4-6-14-7-10/h4-7H,8-9H2,1-3H3,(H,15,19)(H,17,18). The zero-order valence-electron chi connectivity index (χ0n) is 11.4. The largest absolute Gasteiger partial charge is 0.481 e. The van der Waals surface area contributed by atoms with Crippen molar-refractivity contribution in [3.8, 4) is 0 Å². The van der Waals surface area contributed by atoms with Crippen molar-refractivity contribution in [3.05, 3.63) is 30.1 Å². The van der Waals surface area contributed by atoms with Gasteiger partial charge in [0.25, 0.3) is 0 Å². The predicted octanol–water partition coefficient (Wildman–Crippen LogP) is 1.33. The van der Waals surface area contributed by atoms with E-state index in [1.54, 1.807) is 39.4 Å². The number of amides is 2. The molecule has 1 rings (SSSR count). The molecule has 0 radical (unpaired) electrons. The topological polar surface area (TPSA) is 82.5 Å². The second-order valence-corrected chi connectivity index (χ2v) is 5.07. The van der Waals surface area contributed by atoms with Gasteiger partial charge in [-0.05, 0) is 25.5 Å². The zero-order chi connectivity index (χ0) is 14.5. The molecular formula is C13H19N3O3. The van der Waals surface area contributed by atoms with E-state index in [2.05, 4.69) is 10.3 Å². The van der Waals surface area contributed by atoms with Gasteiger partial charge < -0.3 is 15.3 Å². The molecule has 0 aromatic carbocycles. The highest BCUT2D eigenvalue weighted by Gasteiger charge is 2.27. The highest BCUT2D eigenvalue weighted by molar-refractivity contribution is 5.77. The van der Waals surface area contributed by atoms with Gasteiger partial charge in [0, 0.05) is 32.5 Å². The molecule has 2 N–H and O–H groups in total. The van der Waals surface area contributed by atoms with Gasteiger partial charge in [-0.15, -0.1) is 0 Å². The summed E-state index contributed by atoms with van der Waals surface area (Å²) < 4.78 is 0. The zero-order valence-corrected chi connectivity index (χ0v) is 11.4. The Labute approximate surface area is 112 Å². The first kappa shape index (κ1) is 14.9. The molecule has 0 aliphatic rings. The van der Waals surface area contributed by atoms with Crippen LogP contribution in [0.2, 0.25) is 0 Å². The Balaban J connectivity index is 2.48. The molecule has 2 amide bonds. The number of carbonyl (C=O) groups is 2. The van der Waals surface area contributed by atoms with E-state index in [0.29, 0.717) is 6.54 Å². The van der Waals surface area contributed by atoms with Crippen LogP contribution in [0.15, 0.2) is 24.5 Å². The minimum Gasteiger partial charge on any atom is -0.481 e. The summed E-state index contributed by atoms with van der Waals surface area (Å²) in [7, 11) is 1.65. The van der Waals surface area contributed by atoms with Crippen molar-refractivity contribution in [2.24, 2.45) is 5.41 Å². The summed E-state index contributed by atoms with van der Waals surface area (Å²) in [5, 5.41) is 11.6. The van der Waals surface area contributed by atoms with Crippen LogP contribution >= 0.6 is 0 Å². The molecule has 1 aromatic heterocycles. The summed E-state index contributed by atoms with van der Waals surface area (Å²) in [6.07, 6.45) is 3.35. The molecule has 0 bridgehead atoms. The number of carbonyl (C=O) groups excluding carboxylic acids is 1. The lowest BCUT2D eigenvalue weighted by atomic mass is 9.94. The van der Waals surface area contributed by atoms with Crippen molar-refractivity contribution in [1.82, 2.24) is 15.2 Å². The number of aromatic nitrogens is 1. The lowest BCUT2D eigenvalue weighted by molar-refractivity contribution is -0.146. The number of carboxylic acid groups (broad SMARTS) is 1. The third kappa shape index (κ3) is 4.57. The average Bonchev–Trinajstić information content (AvgIpc) is 2.37. The van der Waals surface area contributed by atoms with Crippen molar-refractivity contribution in [2.45, 2.75) is 20.4 Å². The van der Waals surface area contributed by atoms with Crippen LogP contribution < -0.4 is 5.32 Å². The summed E-state index contributed by atoms with van der Waals surface area (Å²) in [5.41, 5.74) is -0.0669. The van der Waals surface area contributed by atoms with E-state index < -0.39 is 11.4 Å². The first-order chi connectivity index (χ1) is 8.83. The Hall–Kier alpha value is -2.11. The summed E-state index contributed by atoms with van der Waals surface area (Å²) in [6.45, 7) is 3.64. The minimum absolute atomic E-state index is 0.0819. The maximum Gasteiger partial charge on any atom is 0.317 e. The molecule has 6 heteroatoms. The molecule has 0 fully saturated rings. The van der Waals surface area contributed by atoms with Gasteiger partial charge >= 0.3 is 12.0 Å². The number of aliphatic carboxylic acids is 1. The Morgan fingerprint density at radius 1 is 1.47 bits per heavy atom. The van der Waals surface area contributed by atoms with E-state index >= 15 is 0 Å². The van der Waals surface area contributed by atoms with Crippen LogP contribution in [0.5, 0.6) is 0 Å². The van der Waals surface area contributed by atoms with E-state index in [4.69, 9.17) is 5.11 Å². The Bertz CT molecular complexity index is 446. The van der Waals surface area contributed by atoms with Gasteiger partial charge in [0.2, 0.25) is 0 Å². The molecule has 0 aliphatic carbocycles. The minimum atomic E-state index is -0.981. The lowest BCUT2D eigenvalue weighted by Gasteiger charge is -2.23. The molecule has 1 heterocycles. The van der Waals surface area contributed by atoms with Crippen LogP contribution in [0.3, 0.4) is 0 Å². The number of carboxylic acids is 1. The molecule has 19 heavy (non-hydrogen) atoms. The van der Waals surface area contributed by atoms with Gasteiger partial charge in [-0.1, -0.05) is 6.07 Å². The van der Waals surface area contributed by atoms with Crippen LogP contribution in [0.4, 0.5) is 4.79 Å². The second kappa shape index (κ2) is 6.17. The second-order valence-electron chi connectivity index (χ2n) is 5.07. The molecule has 0 saturated carbocycles. The van der Waals surface area contributed by atoms with Gasteiger partial charge in [-0.3, -0.25) is 9.78 Å². The van der Waals surface area contributed by atoms with E-state index in [-0.39, 0.29) is 12.6 Å². The monoisotopic (exact) mass is 265 g/mol. The maximum absolute atomic E-state index is 11.8. The van der Waals surface area contributed by atoms with Crippen molar-refractivity contribution in [3.63, 3.8) is 0 Å². The quantitative estimate of drug-likeness (QED) is 0.841. The van der Waals surface area contributed by atoms with Gasteiger partial charge in [0.05, 0.1) is 5.41 Å². The predicted molar refractivity (Wildman–Crippen MR) is 70.5 cm³/mol. The number of urea groups is 1. The number of rotatable bonds is 5. The number of hydrogen-bond donors (Lipinski definition) is 2. The molecule has 0 atom stereocenters. The van der Waals surface area contributed by atoms with Crippen LogP contribution in [0.25, 0.3) is 0 Å². The SMILES string of the molecule is CN(Cc1cccnc1)C(=O)NCC(C)(C)C(=O)O. The molecule has 0 unspecified atom stereocenters. The summed E-state index contributed by atoms with van der Waals surface area (Å²) >= 11 is 0. The van der Waals surface area contributed by atoms with E-state index in [0.717, 1.165) is 5.56 Å². The van der Waals surface area contributed by atoms with E-state index in [9.17, 15) is 9.59 Å². The van der Waals surface area contributed by atoms with Crippen molar-refractivity contribution >= 4 is 12.0 Å². The first-order valence-electron chi connectivity index (χ1n) is 5.94. The molecule has 6 nitrogen and oxygen atoms in total. The Kier molecular flexibility index (Phi) is 4.86. The van der Waals surface area contributed by atoms with Crippen LogP contribution in [-0.4, -0.2) is 40.6 Å². The van der Waals surface area contributed by atoms with Crippen molar-refractivity contribution in [1.29, 1.82) is 0 Å². The smallest absolute Gasteiger partial charge is 0.317 e. The van der Waals surface area contributed by atoms with Gasteiger partial charge in [0.1, 0.15) is 0 Å². The van der Waals surface area contributed by atoms with E-state index in [1.165, 1.54) is 4.90 Å². The lowest BCUT2D eigenvalue weighted by Crippen LogP contribution is -2.43. The number of nitrogens with one attached hydrogen (secondary N) is 1. The highest BCUT2D eigenvalue weighted by Crippen LogP contribution is 2.13. The maximum atomic E-state index is 11.8. The molecule has 0 spiro atoms. The normalized spacial score (nSPS) is 10.9. The molecule has 0 aliphatic heterocycles. The van der Waals surface area contributed by atoms with Gasteiger partial charge in [-0.25, -0.2) is 4.79 Å². The third-order valence-electron chi connectivity index (χ3n) is 2.75. The third-order valence-corrected chi connectivity index (χ3v) is 2.75. The van der Waals surface area contributed by atoms with Crippen molar-refractivity contribution < 1.29 is 14.7 Å². The fourth-order valence-electron chi connectivity index (χ4n) is 1.34. The molecule has 1 aromatic rings. The summed E-state index contributed by atoms with van der Waals surface area (Å²) in [4.78, 5) is 28.2. The number of pyridine rings is 1. The number of nitrogens with zero attached hydrogens (tertiary/aromatic N) is 2. The average molecular weight is 265 g/mol. The summed E-state index contributed by atoms with van der Waals surface area (Å²) in [5.74, 6) is -0.942. The van der Waals surface area contributed by atoms with Crippen LogP contribution in [0.1, 0.15) is 19.4 Å². The molecular weight excluding hydrogens is 246 g/mol. The van der Waals surface area contributed by atoms with E-state index in [1.807, 2.05) is 6.07 Å². The van der Waals surface area contributed by atoms with Crippen molar-refractivity contribution in [2.75, 3.05) is 13.6 Å². The summed E-state index contributed by atoms with van der Waals surface area (Å²) in [6, 6.07) is 3.37. The van der Waals surface area contributed by atoms with Crippen LogP contribution in [0, 0.1) is 5.41 Å². The van der Waals surface area contributed by atoms with Crippen LogP contribution in [-0.2, 0) is 11.3 Å².